The number of carbonyl (C=O) groups excluding carboxylic acids is 1. The third-order valence-corrected chi connectivity index (χ3v) is 3.31. The lowest BCUT2D eigenvalue weighted by atomic mass is 9.98. The SMILES string of the molecule is CC(=Cc1ccccc1-c1ccc(Cl)cc1)C(=O)N=C(N)N. The minimum absolute atomic E-state index is 0.247. The van der Waals surface area contributed by atoms with Crippen molar-refractivity contribution in [3.05, 3.63) is 64.7 Å². The Morgan fingerprint density at radius 1 is 1.09 bits per heavy atom. The molecule has 0 aliphatic heterocycles. The van der Waals surface area contributed by atoms with E-state index in [4.69, 9.17) is 23.1 Å². The number of amides is 1. The number of carbonyl (C=O) groups is 1. The molecule has 0 aromatic heterocycles. The molecule has 0 spiro atoms. The van der Waals surface area contributed by atoms with Crippen LogP contribution in [0.2, 0.25) is 5.02 Å². The molecule has 1 amide bonds. The van der Waals surface area contributed by atoms with Crippen molar-refractivity contribution in [1.29, 1.82) is 0 Å². The molecule has 0 bridgehead atoms. The number of benzene rings is 2. The van der Waals surface area contributed by atoms with Crippen LogP contribution < -0.4 is 11.5 Å². The van der Waals surface area contributed by atoms with Crippen LogP contribution in [0.3, 0.4) is 0 Å². The van der Waals surface area contributed by atoms with Crippen LogP contribution in [0.4, 0.5) is 0 Å². The summed E-state index contributed by atoms with van der Waals surface area (Å²) in [6.07, 6.45) is 1.76. The second-order valence-corrected chi connectivity index (χ2v) is 5.20. The summed E-state index contributed by atoms with van der Waals surface area (Å²) in [5, 5.41) is 0.677. The zero-order chi connectivity index (χ0) is 16.1. The van der Waals surface area contributed by atoms with E-state index in [1.807, 2.05) is 48.5 Å². The van der Waals surface area contributed by atoms with Gasteiger partial charge in [0.05, 0.1) is 0 Å². The minimum atomic E-state index is -0.453. The molecule has 112 valence electrons. The number of guanidine groups is 1. The Hall–Kier alpha value is -2.59. The van der Waals surface area contributed by atoms with Gasteiger partial charge in [-0.1, -0.05) is 48.0 Å². The third kappa shape index (κ3) is 3.96. The second-order valence-electron chi connectivity index (χ2n) is 4.76. The van der Waals surface area contributed by atoms with Gasteiger partial charge in [0.15, 0.2) is 5.96 Å². The normalized spacial score (nSPS) is 11.1. The van der Waals surface area contributed by atoms with Crippen molar-refractivity contribution in [2.45, 2.75) is 6.92 Å². The molecule has 0 aliphatic carbocycles. The molecule has 0 radical (unpaired) electrons. The first-order chi connectivity index (χ1) is 10.5. The molecule has 0 aliphatic rings. The summed E-state index contributed by atoms with van der Waals surface area (Å²) in [6, 6.07) is 15.3. The molecule has 0 fully saturated rings. The zero-order valence-corrected chi connectivity index (χ0v) is 12.8. The zero-order valence-electron chi connectivity index (χ0n) is 12.1. The first-order valence-corrected chi connectivity index (χ1v) is 7.02. The average molecular weight is 314 g/mol. The van der Waals surface area contributed by atoms with Gasteiger partial charge in [0.25, 0.3) is 5.91 Å². The number of hydrogen-bond donors (Lipinski definition) is 2. The van der Waals surface area contributed by atoms with Gasteiger partial charge in [-0.3, -0.25) is 4.79 Å². The van der Waals surface area contributed by atoms with Crippen LogP contribution in [0, 0.1) is 0 Å². The van der Waals surface area contributed by atoms with Crippen molar-refractivity contribution in [3.8, 4) is 11.1 Å². The molecular formula is C17H16ClN3O. The number of nitrogens with zero attached hydrogens (tertiary/aromatic N) is 1. The van der Waals surface area contributed by atoms with Crippen molar-refractivity contribution in [3.63, 3.8) is 0 Å². The summed E-state index contributed by atoms with van der Waals surface area (Å²) in [5.41, 5.74) is 13.8. The lowest BCUT2D eigenvalue weighted by Gasteiger charge is -2.07. The molecule has 0 unspecified atom stereocenters. The van der Waals surface area contributed by atoms with Gasteiger partial charge in [-0.05, 0) is 41.8 Å². The van der Waals surface area contributed by atoms with Gasteiger partial charge in [0, 0.05) is 10.6 Å². The molecule has 0 heterocycles. The van der Waals surface area contributed by atoms with E-state index in [9.17, 15) is 4.79 Å². The highest BCUT2D eigenvalue weighted by Crippen LogP contribution is 2.26. The van der Waals surface area contributed by atoms with Crippen LogP contribution in [0.5, 0.6) is 0 Å². The number of aliphatic imine (C=N–C) groups is 1. The van der Waals surface area contributed by atoms with E-state index in [1.54, 1.807) is 13.0 Å². The van der Waals surface area contributed by atoms with Crippen LogP contribution in [-0.2, 0) is 4.79 Å². The fourth-order valence-electron chi connectivity index (χ4n) is 2.02. The van der Waals surface area contributed by atoms with E-state index in [0.29, 0.717) is 10.6 Å². The monoisotopic (exact) mass is 313 g/mol. The Labute approximate surface area is 134 Å². The van der Waals surface area contributed by atoms with Crippen LogP contribution in [0.15, 0.2) is 59.1 Å². The molecule has 4 N–H and O–H groups in total. The van der Waals surface area contributed by atoms with E-state index in [1.165, 1.54) is 0 Å². The quantitative estimate of drug-likeness (QED) is 0.518. The molecule has 4 nitrogen and oxygen atoms in total. The highest BCUT2D eigenvalue weighted by molar-refractivity contribution is 6.30. The summed E-state index contributed by atoms with van der Waals surface area (Å²) in [5.74, 6) is -0.699. The molecule has 0 atom stereocenters. The number of rotatable bonds is 3. The molecule has 0 saturated carbocycles. The minimum Gasteiger partial charge on any atom is -0.370 e. The average Bonchev–Trinajstić information content (AvgIpc) is 2.48. The lowest BCUT2D eigenvalue weighted by molar-refractivity contribution is -0.114. The fourth-order valence-corrected chi connectivity index (χ4v) is 2.14. The molecule has 2 aromatic rings. The van der Waals surface area contributed by atoms with Crippen LogP contribution in [-0.4, -0.2) is 11.9 Å². The number of halogens is 1. The van der Waals surface area contributed by atoms with E-state index >= 15 is 0 Å². The first-order valence-electron chi connectivity index (χ1n) is 6.64. The van der Waals surface area contributed by atoms with Crippen LogP contribution in [0.1, 0.15) is 12.5 Å². The fraction of sp³-hybridized carbons (Fsp3) is 0.0588. The molecule has 22 heavy (non-hydrogen) atoms. The lowest BCUT2D eigenvalue weighted by Crippen LogP contribution is -2.24. The van der Waals surface area contributed by atoms with Gasteiger partial charge >= 0.3 is 0 Å². The van der Waals surface area contributed by atoms with Crippen molar-refractivity contribution in [2.75, 3.05) is 0 Å². The maximum Gasteiger partial charge on any atom is 0.275 e. The van der Waals surface area contributed by atoms with E-state index in [2.05, 4.69) is 4.99 Å². The summed E-state index contributed by atoms with van der Waals surface area (Å²) < 4.78 is 0. The van der Waals surface area contributed by atoms with Crippen molar-refractivity contribution >= 4 is 29.5 Å². The topological polar surface area (TPSA) is 81.5 Å². The Morgan fingerprint density at radius 2 is 1.73 bits per heavy atom. The number of nitrogens with two attached hydrogens (primary N) is 2. The van der Waals surface area contributed by atoms with E-state index in [0.717, 1.165) is 16.7 Å². The van der Waals surface area contributed by atoms with Gasteiger partial charge in [0.2, 0.25) is 0 Å². The molecule has 2 rings (SSSR count). The smallest absolute Gasteiger partial charge is 0.275 e. The molecular weight excluding hydrogens is 298 g/mol. The van der Waals surface area contributed by atoms with E-state index < -0.39 is 5.91 Å². The van der Waals surface area contributed by atoms with Crippen LogP contribution >= 0.6 is 11.6 Å². The highest BCUT2D eigenvalue weighted by Gasteiger charge is 2.07. The van der Waals surface area contributed by atoms with Gasteiger partial charge in [-0.15, -0.1) is 0 Å². The Balaban J connectivity index is 2.43. The molecule has 2 aromatic carbocycles. The maximum absolute atomic E-state index is 11.8. The summed E-state index contributed by atoms with van der Waals surface area (Å²) >= 11 is 5.92. The van der Waals surface area contributed by atoms with Gasteiger partial charge in [-0.2, -0.15) is 4.99 Å². The number of hydrogen-bond acceptors (Lipinski definition) is 1. The van der Waals surface area contributed by atoms with Crippen molar-refractivity contribution in [2.24, 2.45) is 16.5 Å². The summed E-state index contributed by atoms with van der Waals surface area (Å²) in [4.78, 5) is 15.4. The van der Waals surface area contributed by atoms with Crippen molar-refractivity contribution in [1.82, 2.24) is 0 Å². The predicted molar refractivity (Wildman–Crippen MR) is 91.4 cm³/mol. The largest absolute Gasteiger partial charge is 0.370 e. The Morgan fingerprint density at radius 3 is 2.36 bits per heavy atom. The second kappa shape index (κ2) is 6.91. The Bertz CT molecular complexity index is 745. The maximum atomic E-state index is 11.8. The third-order valence-electron chi connectivity index (χ3n) is 3.06. The van der Waals surface area contributed by atoms with Gasteiger partial charge < -0.3 is 11.5 Å². The molecule has 5 heteroatoms. The predicted octanol–water partition coefficient (Wildman–Crippen LogP) is 3.21. The van der Waals surface area contributed by atoms with E-state index in [-0.39, 0.29) is 5.96 Å². The van der Waals surface area contributed by atoms with Gasteiger partial charge in [0.1, 0.15) is 0 Å². The highest BCUT2D eigenvalue weighted by atomic mass is 35.5. The Kier molecular flexibility index (Phi) is 4.96. The van der Waals surface area contributed by atoms with Gasteiger partial charge in [-0.25, -0.2) is 0 Å². The molecule has 0 saturated heterocycles. The summed E-state index contributed by atoms with van der Waals surface area (Å²) in [6.45, 7) is 1.67. The standard InChI is InChI=1S/C17H16ClN3O/c1-11(16(22)21-17(19)20)10-13-4-2-3-5-15(13)12-6-8-14(18)9-7-12/h2-10H,1H3,(H4,19,20,21,22). The van der Waals surface area contributed by atoms with Crippen molar-refractivity contribution < 1.29 is 4.79 Å². The first kappa shape index (κ1) is 15.8. The van der Waals surface area contributed by atoms with Crippen LogP contribution in [0.25, 0.3) is 17.2 Å². The summed E-state index contributed by atoms with van der Waals surface area (Å²) in [7, 11) is 0.